The van der Waals surface area contributed by atoms with Gasteiger partial charge in [0.1, 0.15) is 0 Å². The second kappa shape index (κ2) is 2.93. The Balaban J connectivity index is 2.25. The maximum absolute atomic E-state index is 11.9. The van der Waals surface area contributed by atoms with E-state index in [2.05, 4.69) is 5.32 Å². The molecule has 1 N–H and O–H groups in total. The van der Waals surface area contributed by atoms with Crippen LogP contribution in [0.4, 0.5) is 0 Å². The molecule has 0 aliphatic carbocycles. The number of hydrogen-bond acceptors (Lipinski definition) is 3. The maximum atomic E-state index is 11.9. The fourth-order valence-electron chi connectivity index (χ4n) is 1.67. The third-order valence-electron chi connectivity index (χ3n) is 2.61. The molecular weight excluding hydrogens is 196 g/mol. The summed E-state index contributed by atoms with van der Waals surface area (Å²) in [6.07, 6.45) is 0. The number of benzene rings is 1. The average molecular weight is 206 g/mol. The fraction of sp³-hybridized carbons (Fsp3) is 0.300. The molecular formula is C10H10N2OS. The van der Waals surface area contributed by atoms with E-state index in [0.717, 1.165) is 23.2 Å². The molecule has 1 fully saturated rings. The molecule has 2 heterocycles. The van der Waals surface area contributed by atoms with E-state index in [-0.39, 0.29) is 5.56 Å². The Bertz CT molecular complexity index is 524. The Labute approximate surface area is 85.1 Å². The van der Waals surface area contributed by atoms with Crippen molar-refractivity contribution in [2.45, 2.75) is 6.04 Å². The fourth-order valence-corrected chi connectivity index (χ4v) is 2.75. The summed E-state index contributed by atoms with van der Waals surface area (Å²) in [5, 5.41) is 4.03. The molecule has 0 spiro atoms. The monoisotopic (exact) mass is 206 g/mol. The zero-order chi connectivity index (χ0) is 9.54. The zero-order valence-electron chi connectivity index (χ0n) is 7.56. The first-order chi connectivity index (χ1) is 6.86. The number of nitrogens with zero attached hydrogens (tertiary/aromatic N) is 1. The number of fused-ring (bicyclic) bond motifs is 1. The van der Waals surface area contributed by atoms with E-state index < -0.39 is 0 Å². The molecule has 3 nitrogen and oxygen atoms in total. The van der Waals surface area contributed by atoms with Crippen molar-refractivity contribution >= 4 is 21.6 Å². The van der Waals surface area contributed by atoms with Gasteiger partial charge in [0.25, 0.3) is 5.56 Å². The van der Waals surface area contributed by atoms with Crippen LogP contribution in [0.3, 0.4) is 0 Å². The van der Waals surface area contributed by atoms with Crippen LogP contribution >= 0.6 is 11.5 Å². The van der Waals surface area contributed by atoms with Crippen molar-refractivity contribution in [1.29, 1.82) is 0 Å². The predicted molar refractivity (Wildman–Crippen MR) is 58.0 cm³/mol. The molecule has 1 aromatic heterocycles. The minimum absolute atomic E-state index is 0.164. The topological polar surface area (TPSA) is 34.0 Å². The summed E-state index contributed by atoms with van der Waals surface area (Å²) in [6, 6.07) is 8.17. The van der Waals surface area contributed by atoms with Gasteiger partial charge in [-0.1, -0.05) is 23.7 Å². The van der Waals surface area contributed by atoms with Gasteiger partial charge in [0.15, 0.2) is 0 Å². The molecule has 1 saturated heterocycles. The number of hydrogen-bond donors (Lipinski definition) is 1. The summed E-state index contributed by atoms with van der Waals surface area (Å²) < 4.78 is 2.98. The number of nitrogens with one attached hydrogen (secondary N) is 1. The smallest absolute Gasteiger partial charge is 0.268 e. The normalized spacial score (nSPS) is 17.1. The van der Waals surface area contributed by atoms with Crippen LogP contribution in [0.15, 0.2) is 29.1 Å². The Morgan fingerprint density at radius 1 is 1.36 bits per heavy atom. The molecule has 1 aliphatic rings. The van der Waals surface area contributed by atoms with Crippen LogP contribution in [0.25, 0.3) is 10.1 Å². The van der Waals surface area contributed by atoms with Crippen LogP contribution in [0, 0.1) is 0 Å². The van der Waals surface area contributed by atoms with E-state index in [1.54, 1.807) is 11.5 Å². The first-order valence-corrected chi connectivity index (χ1v) is 5.45. The highest BCUT2D eigenvalue weighted by molar-refractivity contribution is 7.13. The minimum Gasteiger partial charge on any atom is -0.312 e. The molecule has 14 heavy (non-hydrogen) atoms. The van der Waals surface area contributed by atoms with E-state index in [0.29, 0.717) is 6.04 Å². The second-order valence-electron chi connectivity index (χ2n) is 3.53. The standard InChI is InChI=1S/C10H10N2OS/c13-10-8-3-1-2-4-9(8)14-12(10)7-5-11-6-7/h1-4,7,11H,5-6H2. The molecule has 3 rings (SSSR count). The van der Waals surface area contributed by atoms with Gasteiger partial charge < -0.3 is 5.32 Å². The van der Waals surface area contributed by atoms with E-state index in [1.165, 1.54) is 0 Å². The predicted octanol–water partition coefficient (Wildman–Crippen LogP) is 1.21. The van der Waals surface area contributed by atoms with E-state index in [9.17, 15) is 4.79 Å². The Kier molecular flexibility index (Phi) is 1.72. The average Bonchev–Trinajstić information content (AvgIpc) is 2.43. The third-order valence-corrected chi connectivity index (χ3v) is 3.82. The quantitative estimate of drug-likeness (QED) is 0.761. The summed E-state index contributed by atoms with van der Waals surface area (Å²) in [7, 11) is 0. The lowest BCUT2D eigenvalue weighted by atomic mass is 10.2. The summed E-state index contributed by atoms with van der Waals surface area (Å²) in [4.78, 5) is 11.9. The summed E-state index contributed by atoms with van der Waals surface area (Å²) in [5.74, 6) is 0. The summed E-state index contributed by atoms with van der Waals surface area (Å²) >= 11 is 1.57. The van der Waals surface area contributed by atoms with Gasteiger partial charge >= 0.3 is 0 Å². The van der Waals surface area contributed by atoms with Crippen LogP contribution in [-0.2, 0) is 0 Å². The van der Waals surface area contributed by atoms with Crippen molar-refractivity contribution in [3.63, 3.8) is 0 Å². The highest BCUT2D eigenvalue weighted by atomic mass is 32.1. The van der Waals surface area contributed by atoms with Gasteiger partial charge in [-0.05, 0) is 12.1 Å². The van der Waals surface area contributed by atoms with Gasteiger partial charge in [-0.3, -0.25) is 8.75 Å². The van der Waals surface area contributed by atoms with Crippen LogP contribution in [0.1, 0.15) is 6.04 Å². The number of rotatable bonds is 1. The Morgan fingerprint density at radius 2 is 2.14 bits per heavy atom. The van der Waals surface area contributed by atoms with Crippen LogP contribution in [-0.4, -0.2) is 17.0 Å². The summed E-state index contributed by atoms with van der Waals surface area (Å²) in [6.45, 7) is 1.85. The third kappa shape index (κ3) is 1.04. The van der Waals surface area contributed by atoms with Crippen molar-refractivity contribution in [2.75, 3.05) is 13.1 Å². The highest BCUT2D eigenvalue weighted by Gasteiger charge is 2.22. The van der Waals surface area contributed by atoms with Crippen molar-refractivity contribution in [2.24, 2.45) is 0 Å². The lowest BCUT2D eigenvalue weighted by molar-refractivity contribution is 0.357. The zero-order valence-corrected chi connectivity index (χ0v) is 8.38. The van der Waals surface area contributed by atoms with Crippen LogP contribution in [0.2, 0.25) is 0 Å². The Hall–Kier alpha value is -1.13. The van der Waals surface area contributed by atoms with Gasteiger partial charge in [0, 0.05) is 13.1 Å². The Morgan fingerprint density at radius 3 is 2.79 bits per heavy atom. The van der Waals surface area contributed by atoms with Gasteiger partial charge in [0.05, 0.1) is 16.1 Å². The molecule has 0 radical (unpaired) electrons. The van der Waals surface area contributed by atoms with Crippen molar-refractivity contribution in [3.8, 4) is 0 Å². The molecule has 0 unspecified atom stereocenters. The van der Waals surface area contributed by atoms with Crippen molar-refractivity contribution in [3.05, 3.63) is 34.6 Å². The summed E-state index contributed by atoms with van der Waals surface area (Å²) in [5.41, 5.74) is 0.164. The molecule has 1 aromatic carbocycles. The first kappa shape index (κ1) is 8.20. The molecule has 1 aliphatic heterocycles. The van der Waals surface area contributed by atoms with Crippen molar-refractivity contribution in [1.82, 2.24) is 9.27 Å². The van der Waals surface area contributed by atoms with Crippen LogP contribution < -0.4 is 10.9 Å². The molecule has 0 saturated carbocycles. The lowest BCUT2D eigenvalue weighted by Gasteiger charge is -2.26. The SMILES string of the molecule is O=c1c2ccccc2sn1C1CNC1. The molecule has 72 valence electrons. The molecule has 0 amide bonds. The molecule has 2 aromatic rings. The van der Waals surface area contributed by atoms with E-state index >= 15 is 0 Å². The maximum Gasteiger partial charge on any atom is 0.268 e. The second-order valence-corrected chi connectivity index (χ2v) is 4.55. The molecule has 4 heteroatoms. The van der Waals surface area contributed by atoms with Gasteiger partial charge in [-0.25, -0.2) is 0 Å². The van der Waals surface area contributed by atoms with Gasteiger partial charge in [0.2, 0.25) is 0 Å². The van der Waals surface area contributed by atoms with E-state index in [1.807, 2.05) is 28.2 Å². The van der Waals surface area contributed by atoms with Gasteiger partial charge in [-0.15, -0.1) is 0 Å². The molecule has 0 atom stereocenters. The number of aromatic nitrogens is 1. The van der Waals surface area contributed by atoms with Gasteiger partial charge in [-0.2, -0.15) is 0 Å². The minimum atomic E-state index is 0.164. The largest absolute Gasteiger partial charge is 0.312 e. The highest BCUT2D eigenvalue weighted by Crippen LogP contribution is 2.21. The van der Waals surface area contributed by atoms with E-state index in [4.69, 9.17) is 0 Å². The first-order valence-electron chi connectivity index (χ1n) is 4.67. The lowest BCUT2D eigenvalue weighted by Crippen LogP contribution is -2.45. The molecule has 0 bridgehead atoms. The van der Waals surface area contributed by atoms with Crippen molar-refractivity contribution < 1.29 is 0 Å². The van der Waals surface area contributed by atoms with Crippen LogP contribution in [0.5, 0.6) is 0 Å².